The Labute approximate surface area is 103 Å². The number of unbranched alkanes of at least 4 members (excludes halogenated alkanes) is 3. The summed E-state index contributed by atoms with van der Waals surface area (Å²) in [6, 6.07) is 0. The molecule has 0 aliphatic heterocycles. The third-order valence-corrected chi connectivity index (χ3v) is 3.26. The van der Waals surface area contributed by atoms with Crippen molar-refractivity contribution in [1.82, 2.24) is 0 Å². The number of isocyanates is 2. The van der Waals surface area contributed by atoms with Crippen LogP contribution in [-0.2, 0) is 9.59 Å². The first-order chi connectivity index (χ1) is 8.04. The Morgan fingerprint density at radius 2 is 1.71 bits per heavy atom. The first-order valence-electron chi connectivity index (χ1n) is 6.17. The summed E-state index contributed by atoms with van der Waals surface area (Å²) < 4.78 is 0. The molecule has 0 saturated carbocycles. The Morgan fingerprint density at radius 3 is 2.29 bits per heavy atom. The summed E-state index contributed by atoms with van der Waals surface area (Å²) in [5.41, 5.74) is -0.316. The molecule has 96 valence electrons. The van der Waals surface area contributed by atoms with E-state index in [0.717, 1.165) is 32.1 Å². The highest BCUT2D eigenvalue weighted by atomic mass is 16.1. The highest BCUT2D eigenvalue weighted by Gasteiger charge is 2.24. The van der Waals surface area contributed by atoms with Crippen molar-refractivity contribution in [3.05, 3.63) is 0 Å². The van der Waals surface area contributed by atoms with Crippen molar-refractivity contribution in [2.24, 2.45) is 15.9 Å². The van der Waals surface area contributed by atoms with Crippen LogP contribution >= 0.6 is 0 Å². The fourth-order valence-corrected chi connectivity index (χ4v) is 1.62. The van der Waals surface area contributed by atoms with Gasteiger partial charge in [0.2, 0.25) is 12.2 Å². The summed E-state index contributed by atoms with van der Waals surface area (Å²) in [6.45, 7) is 6.61. The van der Waals surface area contributed by atoms with Gasteiger partial charge in [-0.25, -0.2) is 14.6 Å². The van der Waals surface area contributed by atoms with E-state index in [-0.39, 0.29) is 5.54 Å². The van der Waals surface area contributed by atoms with Crippen molar-refractivity contribution in [2.75, 3.05) is 6.54 Å². The molecule has 4 nitrogen and oxygen atoms in total. The van der Waals surface area contributed by atoms with Gasteiger partial charge in [-0.2, -0.15) is 4.99 Å². The van der Waals surface area contributed by atoms with Gasteiger partial charge in [-0.1, -0.05) is 26.2 Å². The predicted molar refractivity (Wildman–Crippen MR) is 67.4 cm³/mol. The molecule has 0 amide bonds. The lowest BCUT2D eigenvalue weighted by atomic mass is 9.85. The Balaban J connectivity index is 3.67. The highest BCUT2D eigenvalue weighted by Crippen LogP contribution is 2.25. The van der Waals surface area contributed by atoms with Gasteiger partial charge in [0, 0.05) is 0 Å². The molecule has 17 heavy (non-hydrogen) atoms. The number of hydrogen-bond donors (Lipinski definition) is 0. The Bertz CT molecular complexity index is 301. The van der Waals surface area contributed by atoms with Crippen LogP contribution in [0.25, 0.3) is 0 Å². The third kappa shape index (κ3) is 7.62. The van der Waals surface area contributed by atoms with E-state index in [1.165, 1.54) is 6.08 Å². The molecular formula is C13H22N2O2. The van der Waals surface area contributed by atoms with Crippen LogP contribution < -0.4 is 0 Å². The maximum absolute atomic E-state index is 10.3. The number of carbonyl (C=O) groups excluding carboxylic acids is 2. The smallest absolute Gasteiger partial charge is 0.211 e. The second kappa shape index (κ2) is 8.86. The van der Waals surface area contributed by atoms with Crippen molar-refractivity contribution in [3.8, 4) is 0 Å². The molecule has 0 aromatic carbocycles. The third-order valence-electron chi connectivity index (χ3n) is 3.26. The first-order valence-corrected chi connectivity index (χ1v) is 6.17. The largest absolute Gasteiger partial charge is 0.235 e. The van der Waals surface area contributed by atoms with Gasteiger partial charge >= 0.3 is 0 Å². The van der Waals surface area contributed by atoms with E-state index in [2.05, 4.69) is 16.9 Å². The summed E-state index contributed by atoms with van der Waals surface area (Å²) in [5, 5.41) is 0. The van der Waals surface area contributed by atoms with Crippen molar-refractivity contribution in [3.63, 3.8) is 0 Å². The van der Waals surface area contributed by atoms with E-state index in [0.29, 0.717) is 12.5 Å². The van der Waals surface area contributed by atoms with Gasteiger partial charge in [-0.15, -0.1) is 0 Å². The lowest BCUT2D eigenvalue weighted by molar-refractivity contribution is 0.318. The number of aliphatic imine (C=N–C) groups is 2. The molecule has 0 rings (SSSR count). The average molecular weight is 238 g/mol. The minimum Gasteiger partial charge on any atom is -0.211 e. The standard InChI is InChI=1S/C13H22N2O2/c1-12(13(2,3)15-11-17)8-6-4-5-7-9-14-10-16/h12H,4-9H2,1-3H3. The molecule has 0 heterocycles. The molecule has 0 aliphatic carbocycles. The van der Waals surface area contributed by atoms with Gasteiger partial charge in [0.25, 0.3) is 0 Å². The van der Waals surface area contributed by atoms with Crippen LogP contribution in [0.5, 0.6) is 0 Å². The van der Waals surface area contributed by atoms with Crippen molar-refractivity contribution in [1.29, 1.82) is 0 Å². The lowest BCUT2D eigenvalue weighted by Crippen LogP contribution is -2.26. The first kappa shape index (κ1) is 15.8. The van der Waals surface area contributed by atoms with Gasteiger partial charge in [-0.3, -0.25) is 0 Å². The van der Waals surface area contributed by atoms with Gasteiger partial charge in [-0.05, 0) is 32.6 Å². The molecular weight excluding hydrogens is 216 g/mol. The van der Waals surface area contributed by atoms with Crippen LogP contribution in [0.15, 0.2) is 9.98 Å². The van der Waals surface area contributed by atoms with Crippen LogP contribution in [0, 0.1) is 5.92 Å². The molecule has 0 radical (unpaired) electrons. The Hall–Kier alpha value is -1.24. The van der Waals surface area contributed by atoms with Crippen LogP contribution in [0.1, 0.15) is 52.9 Å². The normalized spacial score (nSPS) is 12.4. The van der Waals surface area contributed by atoms with E-state index < -0.39 is 0 Å². The summed E-state index contributed by atoms with van der Waals surface area (Å²) in [4.78, 5) is 27.4. The zero-order chi connectivity index (χ0) is 13.1. The zero-order valence-electron chi connectivity index (χ0n) is 11.0. The molecule has 0 bridgehead atoms. The molecule has 0 aromatic heterocycles. The van der Waals surface area contributed by atoms with E-state index in [1.54, 1.807) is 6.08 Å². The summed E-state index contributed by atoms with van der Waals surface area (Å²) >= 11 is 0. The predicted octanol–water partition coefficient (Wildman–Crippen LogP) is 3.02. The fourth-order valence-electron chi connectivity index (χ4n) is 1.62. The number of rotatable bonds is 9. The van der Waals surface area contributed by atoms with Gasteiger partial charge < -0.3 is 0 Å². The van der Waals surface area contributed by atoms with Gasteiger partial charge in [0.15, 0.2) is 0 Å². The van der Waals surface area contributed by atoms with Gasteiger partial charge in [0.1, 0.15) is 0 Å². The Morgan fingerprint density at radius 1 is 1.06 bits per heavy atom. The van der Waals surface area contributed by atoms with E-state index in [1.807, 2.05) is 13.8 Å². The molecule has 0 saturated heterocycles. The lowest BCUT2D eigenvalue weighted by Gasteiger charge is -2.25. The second-order valence-electron chi connectivity index (χ2n) is 4.93. The fraction of sp³-hybridized carbons (Fsp3) is 0.846. The number of hydrogen-bond acceptors (Lipinski definition) is 4. The molecule has 0 fully saturated rings. The monoisotopic (exact) mass is 238 g/mol. The SMILES string of the molecule is CC(CCCCCCN=C=O)C(C)(C)N=C=O. The quantitative estimate of drug-likeness (QED) is 0.352. The topological polar surface area (TPSA) is 58.9 Å². The molecule has 1 unspecified atom stereocenters. The summed E-state index contributed by atoms with van der Waals surface area (Å²) in [6.07, 6.45) is 8.49. The highest BCUT2D eigenvalue weighted by molar-refractivity contribution is 5.34. The van der Waals surface area contributed by atoms with E-state index >= 15 is 0 Å². The van der Waals surface area contributed by atoms with E-state index in [9.17, 15) is 9.59 Å². The van der Waals surface area contributed by atoms with Crippen LogP contribution in [0.4, 0.5) is 0 Å². The molecule has 0 spiro atoms. The number of nitrogens with zero attached hydrogens (tertiary/aromatic N) is 2. The van der Waals surface area contributed by atoms with Crippen LogP contribution in [0.3, 0.4) is 0 Å². The molecule has 1 atom stereocenters. The second-order valence-corrected chi connectivity index (χ2v) is 4.93. The maximum Gasteiger partial charge on any atom is 0.235 e. The maximum atomic E-state index is 10.3. The minimum atomic E-state index is -0.316. The minimum absolute atomic E-state index is 0.316. The van der Waals surface area contributed by atoms with Crippen LogP contribution in [-0.4, -0.2) is 24.2 Å². The van der Waals surface area contributed by atoms with E-state index in [4.69, 9.17) is 0 Å². The molecule has 0 aliphatic rings. The summed E-state index contributed by atoms with van der Waals surface area (Å²) in [7, 11) is 0. The Kier molecular flexibility index (Phi) is 8.21. The molecule has 0 N–H and O–H groups in total. The van der Waals surface area contributed by atoms with Gasteiger partial charge in [0.05, 0.1) is 12.1 Å². The van der Waals surface area contributed by atoms with Crippen molar-refractivity contribution < 1.29 is 9.59 Å². The average Bonchev–Trinajstić information content (AvgIpc) is 2.27. The molecule has 0 aromatic rings. The molecule has 4 heteroatoms. The summed E-state index contributed by atoms with van der Waals surface area (Å²) in [5.74, 6) is 0.372. The zero-order valence-corrected chi connectivity index (χ0v) is 11.0. The van der Waals surface area contributed by atoms with Crippen molar-refractivity contribution >= 4 is 12.2 Å². The van der Waals surface area contributed by atoms with Crippen LogP contribution in [0.2, 0.25) is 0 Å². The van der Waals surface area contributed by atoms with Crippen molar-refractivity contribution in [2.45, 2.75) is 58.4 Å².